The second-order valence-electron chi connectivity index (χ2n) is 5.23. The summed E-state index contributed by atoms with van der Waals surface area (Å²) in [5.74, 6) is -0.300. The Morgan fingerprint density at radius 1 is 1.26 bits per heavy atom. The minimum Gasteiger partial charge on any atom is -0.481 e. The largest absolute Gasteiger partial charge is 0.481 e. The maximum atomic E-state index is 12.1. The summed E-state index contributed by atoms with van der Waals surface area (Å²) in [5, 5.41) is 11.8. The van der Waals surface area contributed by atoms with Crippen molar-refractivity contribution in [2.75, 3.05) is 13.1 Å². The third-order valence-corrected chi connectivity index (χ3v) is 4.01. The molecule has 0 radical (unpaired) electrons. The van der Waals surface area contributed by atoms with Gasteiger partial charge in [0, 0.05) is 19.1 Å². The molecule has 0 aliphatic heterocycles. The Morgan fingerprint density at radius 3 is 2.53 bits per heavy atom. The summed E-state index contributed by atoms with van der Waals surface area (Å²) in [5.41, 5.74) is 0. The van der Waals surface area contributed by atoms with Crippen LogP contribution < -0.4 is 5.32 Å². The van der Waals surface area contributed by atoms with E-state index >= 15 is 0 Å². The van der Waals surface area contributed by atoms with Gasteiger partial charge in [-0.1, -0.05) is 26.2 Å². The predicted molar refractivity (Wildman–Crippen MR) is 74.1 cm³/mol. The monoisotopic (exact) mass is 270 g/mol. The summed E-state index contributed by atoms with van der Waals surface area (Å²) < 4.78 is 0. The van der Waals surface area contributed by atoms with Gasteiger partial charge >= 0.3 is 12.0 Å². The molecular weight excluding hydrogens is 244 g/mol. The number of nitrogens with one attached hydrogen (secondary N) is 1. The quantitative estimate of drug-likeness (QED) is 0.779. The van der Waals surface area contributed by atoms with Crippen LogP contribution in [-0.2, 0) is 4.79 Å². The summed E-state index contributed by atoms with van der Waals surface area (Å²) in [4.78, 5) is 24.3. The molecule has 2 unspecified atom stereocenters. The Hall–Kier alpha value is -1.26. The number of hydrogen-bond donors (Lipinski definition) is 2. The van der Waals surface area contributed by atoms with E-state index in [0.29, 0.717) is 12.5 Å². The lowest BCUT2D eigenvalue weighted by atomic mass is 9.83. The molecule has 19 heavy (non-hydrogen) atoms. The molecule has 0 aromatic rings. The molecule has 2 N–H and O–H groups in total. The maximum absolute atomic E-state index is 12.1. The van der Waals surface area contributed by atoms with Gasteiger partial charge < -0.3 is 15.3 Å². The van der Waals surface area contributed by atoms with Crippen molar-refractivity contribution in [3.63, 3.8) is 0 Å². The normalized spacial score (nSPS) is 22.8. The van der Waals surface area contributed by atoms with Gasteiger partial charge in [0.2, 0.25) is 0 Å². The summed E-state index contributed by atoms with van der Waals surface area (Å²) >= 11 is 0. The van der Waals surface area contributed by atoms with Crippen molar-refractivity contribution in [2.45, 2.75) is 58.4 Å². The molecule has 1 saturated carbocycles. The fourth-order valence-electron chi connectivity index (χ4n) is 2.77. The molecule has 2 atom stereocenters. The molecule has 1 aliphatic carbocycles. The SMILES string of the molecule is CCC1CCCCC1NC(=O)N(CC)CCC(=O)O. The van der Waals surface area contributed by atoms with Crippen LogP contribution in [0, 0.1) is 5.92 Å². The van der Waals surface area contributed by atoms with Gasteiger partial charge in [0.15, 0.2) is 0 Å². The molecule has 0 heterocycles. The molecule has 110 valence electrons. The van der Waals surface area contributed by atoms with Crippen LogP contribution in [0.3, 0.4) is 0 Å². The highest BCUT2D eigenvalue weighted by atomic mass is 16.4. The van der Waals surface area contributed by atoms with Crippen LogP contribution in [0.1, 0.15) is 52.4 Å². The number of carbonyl (C=O) groups is 2. The van der Waals surface area contributed by atoms with Crippen molar-refractivity contribution in [3.05, 3.63) is 0 Å². The molecule has 5 heteroatoms. The number of carboxylic acids is 1. The molecule has 2 amide bonds. The number of amides is 2. The molecule has 0 spiro atoms. The highest BCUT2D eigenvalue weighted by Crippen LogP contribution is 2.26. The topological polar surface area (TPSA) is 69.6 Å². The first-order valence-corrected chi connectivity index (χ1v) is 7.35. The minimum absolute atomic E-state index is 0.00311. The average molecular weight is 270 g/mol. The zero-order valence-electron chi connectivity index (χ0n) is 12.0. The van der Waals surface area contributed by atoms with Crippen molar-refractivity contribution in [1.29, 1.82) is 0 Å². The Bertz CT molecular complexity index is 307. The molecule has 1 aliphatic rings. The molecule has 1 fully saturated rings. The first-order chi connectivity index (χ1) is 9.08. The lowest BCUT2D eigenvalue weighted by Gasteiger charge is -2.33. The Labute approximate surface area is 115 Å². The molecule has 0 aromatic carbocycles. The van der Waals surface area contributed by atoms with Crippen molar-refractivity contribution < 1.29 is 14.7 Å². The highest BCUT2D eigenvalue weighted by Gasteiger charge is 2.26. The average Bonchev–Trinajstić information content (AvgIpc) is 2.39. The summed E-state index contributed by atoms with van der Waals surface area (Å²) in [7, 11) is 0. The van der Waals surface area contributed by atoms with E-state index in [2.05, 4.69) is 12.2 Å². The first-order valence-electron chi connectivity index (χ1n) is 7.35. The number of hydrogen-bond acceptors (Lipinski definition) is 2. The van der Waals surface area contributed by atoms with E-state index in [4.69, 9.17) is 5.11 Å². The van der Waals surface area contributed by atoms with E-state index in [1.165, 1.54) is 19.3 Å². The number of rotatable bonds is 6. The standard InChI is InChI=1S/C14H26N2O3/c1-3-11-7-5-6-8-12(11)15-14(19)16(4-2)10-9-13(17)18/h11-12H,3-10H2,1-2H3,(H,15,19)(H,17,18). The van der Waals surface area contributed by atoms with Gasteiger partial charge in [-0.25, -0.2) is 4.79 Å². The van der Waals surface area contributed by atoms with Gasteiger partial charge in [-0.3, -0.25) is 4.79 Å². The van der Waals surface area contributed by atoms with E-state index in [0.717, 1.165) is 12.8 Å². The van der Waals surface area contributed by atoms with Crippen molar-refractivity contribution in [3.8, 4) is 0 Å². The van der Waals surface area contributed by atoms with Gasteiger partial charge in [-0.2, -0.15) is 0 Å². The number of urea groups is 1. The maximum Gasteiger partial charge on any atom is 0.317 e. The van der Waals surface area contributed by atoms with Crippen LogP contribution in [-0.4, -0.2) is 41.1 Å². The molecule has 0 bridgehead atoms. The van der Waals surface area contributed by atoms with Crippen LogP contribution in [0.2, 0.25) is 0 Å². The summed E-state index contributed by atoms with van der Waals surface area (Å²) in [6.45, 7) is 4.86. The van der Waals surface area contributed by atoms with Crippen LogP contribution in [0.15, 0.2) is 0 Å². The van der Waals surface area contributed by atoms with Gasteiger partial charge in [0.1, 0.15) is 0 Å². The number of aliphatic carboxylic acids is 1. The fraction of sp³-hybridized carbons (Fsp3) is 0.857. The molecular formula is C14H26N2O3. The number of carbonyl (C=O) groups excluding carboxylic acids is 1. The van der Waals surface area contributed by atoms with Crippen molar-refractivity contribution >= 4 is 12.0 Å². The smallest absolute Gasteiger partial charge is 0.317 e. The first kappa shape index (κ1) is 15.8. The van der Waals surface area contributed by atoms with E-state index in [-0.39, 0.29) is 25.0 Å². The summed E-state index contributed by atoms with van der Waals surface area (Å²) in [6, 6.07) is 0.138. The molecule has 0 aromatic heterocycles. The number of nitrogens with zero attached hydrogens (tertiary/aromatic N) is 1. The third kappa shape index (κ3) is 5.09. The van der Waals surface area contributed by atoms with E-state index < -0.39 is 5.97 Å². The van der Waals surface area contributed by atoms with Gasteiger partial charge in [-0.05, 0) is 25.7 Å². The van der Waals surface area contributed by atoms with Crippen LogP contribution in [0.25, 0.3) is 0 Å². The second-order valence-corrected chi connectivity index (χ2v) is 5.23. The lowest BCUT2D eigenvalue weighted by molar-refractivity contribution is -0.137. The van der Waals surface area contributed by atoms with E-state index in [1.54, 1.807) is 4.90 Å². The van der Waals surface area contributed by atoms with Gasteiger partial charge in [0.05, 0.1) is 6.42 Å². The summed E-state index contributed by atoms with van der Waals surface area (Å²) in [6.07, 6.45) is 5.74. The molecule has 0 saturated heterocycles. The fourth-order valence-corrected chi connectivity index (χ4v) is 2.77. The third-order valence-electron chi connectivity index (χ3n) is 4.01. The minimum atomic E-state index is -0.865. The van der Waals surface area contributed by atoms with E-state index in [1.807, 2.05) is 6.92 Å². The second kappa shape index (κ2) is 8.02. The highest BCUT2D eigenvalue weighted by molar-refractivity contribution is 5.75. The lowest BCUT2D eigenvalue weighted by Crippen LogP contribution is -2.48. The van der Waals surface area contributed by atoms with E-state index in [9.17, 15) is 9.59 Å². The van der Waals surface area contributed by atoms with Crippen LogP contribution in [0.5, 0.6) is 0 Å². The molecule has 1 rings (SSSR count). The van der Waals surface area contributed by atoms with Crippen LogP contribution >= 0.6 is 0 Å². The van der Waals surface area contributed by atoms with Crippen molar-refractivity contribution in [2.24, 2.45) is 5.92 Å². The molecule has 5 nitrogen and oxygen atoms in total. The Morgan fingerprint density at radius 2 is 1.95 bits per heavy atom. The van der Waals surface area contributed by atoms with Crippen LogP contribution in [0.4, 0.5) is 4.79 Å². The number of carboxylic acid groups (broad SMARTS) is 1. The van der Waals surface area contributed by atoms with Gasteiger partial charge in [-0.15, -0.1) is 0 Å². The Balaban J connectivity index is 2.48. The predicted octanol–water partition coefficient (Wildman–Crippen LogP) is 2.46. The van der Waals surface area contributed by atoms with Crippen molar-refractivity contribution in [1.82, 2.24) is 10.2 Å². The Kier molecular flexibility index (Phi) is 6.67. The zero-order valence-corrected chi connectivity index (χ0v) is 12.0. The zero-order chi connectivity index (χ0) is 14.3. The van der Waals surface area contributed by atoms with Gasteiger partial charge in [0.25, 0.3) is 0 Å².